The highest BCUT2D eigenvalue weighted by Gasteiger charge is 2.40. The van der Waals surface area contributed by atoms with E-state index in [0.29, 0.717) is 6.42 Å². The van der Waals surface area contributed by atoms with E-state index in [9.17, 15) is 13.2 Å². The second-order valence-corrected chi connectivity index (χ2v) is 6.14. The van der Waals surface area contributed by atoms with Crippen molar-refractivity contribution in [1.82, 2.24) is 4.98 Å². The number of alkyl halides is 3. The monoisotopic (exact) mass is 272 g/mol. The average molecular weight is 272 g/mol. The Balaban J connectivity index is 2.40. The minimum Gasteiger partial charge on any atom is -0.327 e. The highest BCUT2D eigenvalue weighted by Crippen LogP contribution is 2.45. The number of aromatic nitrogens is 1. The molecule has 2 atom stereocenters. The number of nitrogens with two attached hydrogens (primary N) is 1. The molecule has 2 unspecified atom stereocenters. The molecule has 0 spiro atoms. The molecule has 1 aliphatic carbocycles. The number of rotatable bonds is 1. The van der Waals surface area contributed by atoms with Crippen LogP contribution in [-0.4, -0.2) is 11.0 Å². The molecule has 19 heavy (non-hydrogen) atoms. The van der Waals surface area contributed by atoms with Crippen molar-refractivity contribution in [2.45, 2.75) is 51.2 Å². The van der Waals surface area contributed by atoms with Crippen LogP contribution in [0.3, 0.4) is 0 Å². The summed E-state index contributed by atoms with van der Waals surface area (Å²) >= 11 is 0. The van der Waals surface area contributed by atoms with Gasteiger partial charge in [-0.1, -0.05) is 13.8 Å². The first kappa shape index (κ1) is 14.3. The molecule has 1 aliphatic rings. The quantitative estimate of drug-likeness (QED) is 0.846. The van der Waals surface area contributed by atoms with E-state index < -0.39 is 11.7 Å². The van der Waals surface area contributed by atoms with E-state index in [2.05, 4.69) is 18.8 Å². The van der Waals surface area contributed by atoms with Crippen LogP contribution in [-0.2, 0) is 6.18 Å². The normalized spacial score (nSPS) is 27.3. The number of hydrogen-bond donors (Lipinski definition) is 1. The molecule has 1 aromatic rings. The Morgan fingerprint density at radius 1 is 1.37 bits per heavy atom. The lowest BCUT2D eigenvalue weighted by Crippen LogP contribution is -2.38. The third kappa shape index (κ3) is 3.08. The lowest BCUT2D eigenvalue weighted by Gasteiger charge is -2.40. The number of hydrogen-bond acceptors (Lipinski definition) is 2. The van der Waals surface area contributed by atoms with Crippen molar-refractivity contribution >= 4 is 0 Å². The molecule has 0 radical (unpaired) electrons. The third-order valence-corrected chi connectivity index (χ3v) is 4.00. The predicted octanol–water partition coefficient (Wildman–Crippen LogP) is 3.72. The van der Waals surface area contributed by atoms with E-state index in [0.717, 1.165) is 18.9 Å². The maximum Gasteiger partial charge on any atom is 0.416 e. The zero-order valence-corrected chi connectivity index (χ0v) is 11.2. The first-order chi connectivity index (χ1) is 8.71. The zero-order chi connectivity index (χ0) is 14.3. The summed E-state index contributed by atoms with van der Waals surface area (Å²) in [6.45, 7) is 4.16. The summed E-state index contributed by atoms with van der Waals surface area (Å²) in [5.74, 6) is -0.269. The van der Waals surface area contributed by atoms with Gasteiger partial charge in [-0.25, -0.2) is 0 Å². The molecule has 106 valence electrons. The van der Waals surface area contributed by atoms with Crippen molar-refractivity contribution in [2.24, 2.45) is 11.1 Å². The second kappa shape index (κ2) is 4.78. The maximum atomic E-state index is 13.1. The van der Waals surface area contributed by atoms with E-state index in [4.69, 9.17) is 5.73 Å². The lowest BCUT2D eigenvalue weighted by atomic mass is 9.67. The third-order valence-electron chi connectivity index (χ3n) is 4.00. The standard InChI is InChI=1S/C14H19F3N2/c1-13(2)5-3-12(18)9(7-13)10-8-19-6-4-11(10)14(15,16)17/h4,6,8-9,12H,3,5,7,18H2,1-2H3. The smallest absolute Gasteiger partial charge is 0.327 e. The fourth-order valence-electron chi connectivity index (χ4n) is 2.91. The van der Waals surface area contributed by atoms with Gasteiger partial charge in [-0.3, -0.25) is 4.98 Å². The van der Waals surface area contributed by atoms with Crippen LogP contribution in [0.25, 0.3) is 0 Å². The van der Waals surface area contributed by atoms with Crippen LogP contribution in [0, 0.1) is 5.41 Å². The molecule has 0 amide bonds. The zero-order valence-electron chi connectivity index (χ0n) is 11.2. The molecular weight excluding hydrogens is 253 g/mol. The summed E-state index contributed by atoms with van der Waals surface area (Å²) in [4.78, 5) is 3.86. The number of nitrogens with zero attached hydrogens (tertiary/aromatic N) is 1. The molecule has 0 bridgehead atoms. The van der Waals surface area contributed by atoms with E-state index in [-0.39, 0.29) is 22.9 Å². The van der Waals surface area contributed by atoms with Crippen LogP contribution in [0.2, 0.25) is 0 Å². The summed E-state index contributed by atoms with van der Waals surface area (Å²) in [5.41, 5.74) is 5.73. The summed E-state index contributed by atoms with van der Waals surface area (Å²) < 4.78 is 39.2. The molecule has 1 heterocycles. The molecule has 1 saturated carbocycles. The van der Waals surface area contributed by atoms with Gasteiger partial charge in [0.15, 0.2) is 0 Å². The van der Waals surface area contributed by atoms with Gasteiger partial charge in [-0.05, 0) is 36.3 Å². The minimum atomic E-state index is -4.35. The molecular formula is C14H19F3N2. The molecule has 2 nitrogen and oxygen atoms in total. The first-order valence-corrected chi connectivity index (χ1v) is 6.47. The highest BCUT2D eigenvalue weighted by atomic mass is 19.4. The Bertz CT molecular complexity index is 454. The molecule has 5 heteroatoms. The summed E-state index contributed by atoms with van der Waals surface area (Å²) in [5, 5.41) is 0. The molecule has 0 aromatic carbocycles. The fraction of sp³-hybridized carbons (Fsp3) is 0.643. The van der Waals surface area contributed by atoms with Crippen LogP contribution in [0.5, 0.6) is 0 Å². The maximum absolute atomic E-state index is 13.1. The Hall–Kier alpha value is -1.10. The lowest BCUT2D eigenvalue weighted by molar-refractivity contribution is -0.138. The van der Waals surface area contributed by atoms with Gasteiger partial charge in [0.05, 0.1) is 5.56 Å². The van der Waals surface area contributed by atoms with Crippen LogP contribution >= 0.6 is 0 Å². The average Bonchev–Trinajstić information content (AvgIpc) is 2.31. The van der Waals surface area contributed by atoms with E-state index in [1.807, 2.05) is 0 Å². The Labute approximate surface area is 111 Å². The van der Waals surface area contributed by atoms with Crippen molar-refractivity contribution in [3.05, 3.63) is 29.6 Å². The van der Waals surface area contributed by atoms with Gasteiger partial charge in [0.2, 0.25) is 0 Å². The fourth-order valence-corrected chi connectivity index (χ4v) is 2.91. The van der Waals surface area contributed by atoms with Crippen molar-refractivity contribution in [3.63, 3.8) is 0 Å². The molecule has 0 aliphatic heterocycles. The second-order valence-electron chi connectivity index (χ2n) is 6.14. The molecule has 0 saturated heterocycles. The summed E-state index contributed by atoms with van der Waals surface area (Å²) in [6.07, 6.45) is 0.541. The topological polar surface area (TPSA) is 38.9 Å². The largest absolute Gasteiger partial charge is 0.416 e. The van der Waals surface area contributed by atoms with Crippen LogP contribution in [0.4, 0.5) is 13.2 Å². The van der Waals surface area contributed by atoms with Crippen LogP contribution in [0.1, 0.15) is 50.2 Å². The van der Waals surface area contributed by atoms with Crippen molar-refractivity contribution in [1.29, 1.82) is 0 Å². The Morgan fingerprint density at radius 3 is 2.68 bits per heavy atom. The summed E-state index contributed by atoms with van der Waals surface area (Å²) in [6, 6.07) is 0.822. The van der Waals surface area contributed by atoms with E-state index in [1.165, 1.54) is 12.4 Å². The molecule has 1 aromatic heterocycles. The van der Waals surface area contributed by atoms with Crippen molar-refractivity contribution in [3.8, 4) is 0 Å². The molecule has 2 rings (SSSR count). The molecule has 2 N–H and O–H groups in total. The number of pyridine rings is 1. The summed E-state index contributed by atoms with van der Waals surface area (Å²) in [7, 11) is 0. The van der Waals surface area contributed by atoms with Crippen molar-refractivity contribution in [2.75, 3.05) is 0 Å². The predicted molar refractivity (Wildman–Crippen MR) is 67.6 cm³/mol. The molecule has 1 fully saturated rings. The van der Waals surface area contributed by atoms with Gasteiger partial charge in [0, 0.05) is 24.4 Å². The van der Waals surface area contributed by atoms with E-state index >= 15 is 0 Å². The van der Waals surface area contributed by atoms with Gasteiger partial charge in [0.1, 0.15) is 0 Å². The van der Waals surface area contributed by atoms with Gasteiger partial charge < -0.3 is 5.73 Å². The van der Waals surface area contributed by atoms with Crippen LogP contribution < -0.4 is 5.73 Å². The SMILES string of the molecule is CC1(C)CCC(N)C(c2cnccc2C(F)(F)F)C1. The van der Waals surface area contributed by atoms with Gasteiger partial charge in [0.25, 0.3) is 0 Å². The van der Waals surface area contributed by atoms with Crippen molar-refractivity contribution < 1.29 is 13.2 Å². The van der Waals surface area contributed by atoms with Gasteiger partial charge in [-0.15, -0.1) is 0 Å². The van der Waals surface area contributed by atoms with E-state index in [1.54, 1.807) is 0 Å². The van der Waals surface area contributed by atoms with Gasteiger partial charge >= 0.3 is 6.18 Å². The minimum absolute atomic E-state index is 0.0270. The van der Waals surface area contributed by atoms with Crippen LogP contribution in [0.15, 0.2) is 18.5 Å². The Morgan fingerprint density at radius 2 is 2.05 bits per heavy atom. The Kier molecular flexibility index (Phi) is 3.60. The van der Waals surface area contributed by atoms with Gasteiger partial charge in [-0.2, -0.15) is 13.2 Å². The highest BCUT2D eigenvalue weighted by molar-refractivity contribution is 5.31. The number of halogens is 3. The first-order valence-electron chi connectivity index (χ1n) is 6.47.